The zero-order chi connectivity index (χ0) is 15.0. The van der Waals surface area contributed by atoms with Crippen LogP contribution in [0.15, 0.2) is 24.5 Å². The summed E-state index contributed by atoms with van der Waals surface area (Å²) in [4.78, 5) is 14.4. The number of nitrogens with two attached hydrogens (primary N) is 1. The zero-order valence-electron chi connectivity index (χ0n) is 11.7. The Hall–Kier alpha value is -2.57. The minimum atomic E-state index is -0.463. The van der Waals surface area contributed by atoms with Crippen molar-refractivity contribution >= 4 is 17.3 Å². The third-order valence-corrected chi connectivity index (χ3v) is 3.88. The van der Waals surface area contributed by atoms with Crippen LogP contribution in [0.5, 0.6) is 0 Å². The molecule has 3 N–H and O–H groups in total. The molecule has 0 fully saturated rings. The monoisotopic (exact) mass is 287 g/mol. The highest BCUT2D eigenvalue weighted by Crippen LogP contribution is 2.35. The number of aryl methyl sites for hydroxylation is 2. The lowest BCUT2D eigenvalue weighted by atomic mass is 9.87. The Kier molecular flexibility index (Phi) is 3.25. The number of hydrogen-bond acceptors (Lipinski definition) is 5. The lowest BCUT2D eigenvalue weighted by Crippen LogP contribution is -2.19. The number of hydrogen-bond donors (Lipinski definition) is 2. The largest absolute Gasteiger partial charge is 0.406 e. The molecule has 1 heterocycles. The molecule has 1 aliphatic rings. The van der Waals surface area contributed by atoms with Gasteiger partial charge in [-0.2, -0.15) is 0 Å². The molecule has 1 aromatic heterocycles. The van der Waals surface area contributed by atoms with Gasteiger partial charge in [-0.15, -0.1) is 0 Å². The van der Waals surface area contributed by atoms with E-state index in [0.717, 1.165) is 30.5 Å². The molecule has 2 aromatic rings. The van der Waals surface area contributed by atoms with Crippen LogP contribution >= 0.6 is 0 Å². The Morgan fingerprint density at radius 2 is 2.33 bits per heavy atom. The van der Waals surface area contributed by atoms with Gasteiger partial charge in [0.2, 0.25) is 12.1 Å². The Morgan fingerprint density at radius 3 is 3.10 bits per heavy atom. The number of nitro groups is 1. The second kappa shape index (κ2) is 5.08. The normalized spacial score (nSPS) is 17.3. The van der Waals surface area contributed by atoms with Crippen LogP contribution in [0.4, 0.5) is 17.3 Å². The Labute approximate surface area is 121 Å². The van der Waals surface area contributed by atoms with Crippen molar-refractivity contribution in [3.8, 4) is 0 Å². The maximum Gasteiger partial charge on any atom is 0.406 e. The van der Waals surface area contributed by atoms with E-state index in [1.54, 1.807) is 11.6 Å². The first-order valence-corrected chi connectivity index (χ1v) is 6.87. The number of benzene rings is 1. The Balaban J connectivity index is 1.94. The van der Waals surface area contributed by atoms with Gasteiger partial charge in [0.1, 0.15) is 0 Å². The van der Waals surface area contributed by atoms with E-state index in [2.05, 4.69) is 10.3 Å². The first-order valence-electron chi connectivity index (χ1n) is 6.87. The van der Waals surface area contributed by atoms with Gasteiger partial charge in [0.15, 0.2) is 0 Å². The van der Waals surface area contributed by atoms with E-state index in [1.165, 1.54) is 11.9 Å². The Bertz CT molecular complexity index is 695. The number of nitrogen functional groups attached to an aromatic ring is 1. The summed E-state index contributed by atoms with van der Waals surface area (Å²) < 4.78 is 1.64. The third-order valence-electron chi connectivity index (χ3n) is 3.88. The van der Waals surface area contributed by atoms with Gasteiger partial charge >= 0.3 is 5.82 Å². The van der Waals surface area contributed by atoms with Gasteiger partial charge in [-0.25, -0.2) is 0 Å². The fourth-order valence-corrected chi connectivity index (χ4v) is 2.87. The maximum atomic E-state index is 11.0. The molecule has 0 spiro atoms. The first kappa shape index (κ1) is 13.4. The summed E-state index contributed by atoms with van der Waals surface area (Å²) >= 11 is 0. The van der Waals surface area contributed by atoms with Crippen LogP contribution in [-0.4, -0.2) is 14.5 Å². The summed E-state index contributed by atoms with van der Waals surface area (Å²) in [5.41, 5.74) is 8.95. The van der Waals surface area contributed by atoms with Crippen molar-refractivity contribution < 1.29 is 4.92 Å². The van der Waals surface area contributed by atoms with E-state index in [9.17, 15) is 10.1 Å². The van der Waals surface area contributed by atoms with Crippen molar-refractivity contribution in [3.63, 3.8) is 0 Å². The molecular weight excluding hydrogens is 270 g/mol. The van der Waals surface area contributed by atoms with Gasteiger partial charge in [-0.1, -0.05) is 6.07 Å². The molecule has 1 aromatic carbocycles. The van der Waals surface area contributed by atoms with Crippen LogP contribution in [0.3, 0.4) is 0 Å². The van der Waals surface area contributed by atoms with Gasteiger partial charge in [0, 0.05) is 12.7 Å². The maximum absolute atomic E-state index is 11.0. The number of rotatable bonds is 3. The zero-order valence-corrected chi connectivity index (χ0v) is 11.7. The molecular formula is C14H17N5O2. The molecule has 0 saturated heterocycles. The molecule has 0 aliphatic heterocycles. The van der Waals surface area contributed by atoms with E-state index < -0.39 is 4.92 Å². The molecule has 1 atom stereocenters. The molecule has 0 amide bonds. The second-order valence-corrected chi connectivity index (χ2v) is 5.33. The molecule has 0 bridgehead atoms. The number of anilines is 2. The van der Waals surface area contributed by atoms with Gasteiger partial charge in [0.25, 0.3) is 0 Å². The molecule has 0 radical (unpaired) electrons. The van der Waals surface area contributed by atoms with Crippen LogP contribution in [0.2, 0.25) is 0 Å². The SMILES string of the molecule is Cn1cnc([N+](=O)[O-])c1NC1CCCc2cc(N)ccc21. The predicted octanol–water partition coefficient (Wildman–Crippen LogP) is 2.40. The molecule has 1 unspecified atom stereocenters. The molecule has 3 rings (SSSR count). The first-order chi connectivity index (χ1) is 10.1. The third kappa shape index (κ3) is 2.42. The Morgan fingerprint density at radius 1 is 1.52 bits per heavy atom. The number of nitrogens with one attached hydrogen (secondary N) is 1. The summed E-state index contributed by atoms with van der Waals surface area (Å²) in [6.45, 7) is 0. The van der Waals surface area contributed by atoms with Gasteiger partial charge in [-0.3, -0.25) is 4.57 Å². The summed E-state index contributed by atoms with van der Waals surface area (Å²) in [5.74, 6) is 0.301. The van der Waals surface area contributed by atoms with Crippen molar-refractivity contribution in [2.75, 3.05) is 11.1 Å². The van der Waals surface area contributed by atoms with Crippen LogP contribution < -0.4 is 11.1 Å². The van der Waals surface area contributed by atoms with Crippen LogP contribution in [0.1, 0.15) is 30.0 Å². The summed E-state index contributed by atoms with van der Waals surface area (Å²) in [6, 6.07) is 5.91. The topological polar surface area (TPSA) is 99.0 Å². The predicted molar refractivity (Wildman–Crippen MR) is 80.0 cm³/mol. The standard InChI is InChI=1S/C14H17N5O2/c1-18-8-16-13(19(20)21)14(18)17-12-4-2-3-9-7-10(15)5-6-11(9)12/h5-8,12,17H,2-4,15H2,1H3. The fraction of sp³-hybridized carbons (Fsp3) is 0.357. The van der Waals surface area contributed by atoms with Crippen molar-refractivity contribution in [2.24, 2.45) is 7.05 Å². The van der Waals surface area contributed by atoms with Crippen molar-refractivity contribution in [2.45, 2.75) is 25.3 Å². The van der Waals surface area contributed by atoms with Gasteiger partial charge in [0.05, 0.1) is 6.04 Å². The van der Waals surface area contributed by atoms with Crippen molar-refractivity contribution in [1.82, 2.24) is 9.55 Å². The highest BCUT2D eigenvalue weighted by atomic mass is 16.6. The van der Waals surface area contributed by atoms with Gasteiger partial charge < -0.3 is 21.2 Å². The molecule has 21 heavy (non-hydrogen) atoms. The van der Waals surface area contributed by atoms with E-state index in [0.29, 0.717) is 5.82 Å². The molecule has 1 aliphatic carbocycles. The van der Waals surface area contributed by atoms with E-state index in [-0.39, 0.29) is 11.9 Å². The molecule has 110 valence electrons. The number of imidazole rings is 1. The number of nitrogens with zero attached hydrogens (tertiary/aromatic N) is 3. The van der Waals surface area contributed by atoms with Crippen molar-refractivity contribution in [1.29, 1.82) is 0 Å². The smallest absolute Gasteiger partial charge is 0.399 e. The average Bonchev–Trinajstić information content (AvgIpc) is 2.80. The van der Waals surface area contributed by atoms with E-state index in [4.69, 9.17) is 5.73 Å². The lowest BCUT2D eigenvalue weighted by molar-refractivity contribution is -0.388. The van der Waals surface area contributed by atoms with E-state index >= 15 is 0 Å². The quantitative estimate of drug-likeness (QED) is 0.513. The lowest BCUT2D eigenvalue weighted by Gasteiger charge is -2.27. The molecule has 7 heteroatoms. The molecule has 0 saturated carbocycles. The minimum Gasteiger partial charge on any atom is -0.399 e. The van der Waals surface area contributed by atoms with Crippen LogP contribution in [0.25, 0.3) is 0 Å². The summed E-state index contributed by atoms with van der Waals surface area (Å²) in [6.07, 6.45) is 4.40. The van der Waals surface area contributed by atoms with Crippen LogP contribution in [0, 0.1) is 10.1 Å². The highest BCUT2D eigenvalue weighted by Gasteiger charge is 2.26. The minimum absolute atomic E-state index is 0.0449. The van der Waals surface area contributed by atoms with E-state index in [1.807, 2.05) is 18.2 Å². The average molecular weight is 287 g/mol. The van der Waals surface area contributed by atoms with Crippen LogP contribution in [-0.2, 0) is 13.5 Å². The highest BCUT2D eigenvalue weighted by molar-refractivity contribution is 5.55. The van der Waals surface area contributed by atoms with Gasteiger partial charge in [-0.05, 0) is 52.4 Å². The fourth-order valence-electron chi connectivity index (χ4n) is 2.87. The number of fused-ring (bicyclic) bond motifs is 1. The second-order valence-electron chi connectivity index (χ2n) is 5.33. The molecule has 7 nitrogen and oxygen atoms in total. The number of aromatic nitrogens is 2. The van der Waals surface area contributed by atoms with Crippen molar-refractivity contribution in [3.05, 3.63) is 45.8 Å². The summed E-state index contributed by atoms with van der Waals surface area (Å²) in [5, 5.41) is 14.3. The summed E-state index contributed by atoms with van der Waals surface area (Å²) in [7, 11) is 1.75.